The molecular weight excluding hydrogens is 901 g/mol. The molecule has 0 spiro atoms. The van der Waals surface area contributed by atoms with E-state index in [0.717, 1.165) is 103 Å². The normalized spacial score (nSPS) is 12.4. The maximum Gasteiger partial charge on any atom is 0.306 e. The summed E-state index contributed by atoms with van der Waals surface area (Å²) in [5, 5.41) is 0. The zero-order valence-corrected chi connectivity index (χ0v) is 48.7. The molecule has 0 saturated carbocycles. The molecule has 0 aromatic carbocycles. The molecule has 0 amide bonds. The van der Waals surface area contributed by atoms with Crippen molar-refractivity contribution in [2.45, 2.75) is 335 Å². The smallest absolute Gasteiger partial charge is 0.306 e. The lowest BCUT2D eigenvalue weighted by molar-refractivity contribution is -0.167. The van der Waals surface area contributed by atoms with Crippen LogP contribution in [0.2, 0.25) is 0 Å². The van der Waals surface area contributed by atoms with E-state index < -0.39 is 6.10 Å². The fourth-order valence-corrected chi connectivity index (χ4v) is 9.19. The van der Waals surface area contributed by atoms with Gasteiger partial charge in [0.15, 0.2) is 6.10 Å². The van der Waals surface area contributed by atoms with Crippen LogP contribution in [0.5, 0.6) is 0 Å². The van der Waals surface area contributed by atoms with Crippen LogP contribution in [0.4, 0.5) is 0 Å². The molecule has 1 atom stereocenters. The quantitative estimate of drug-likeness (QED) is 0.0261. The van der Waals surface area contributed by atoms with Gasteiger partial charge in [-0.3, -0.25) is 14.4 Å². The molecule has 0 aliphatic rings. The Labute approximate surface area is 453 Å². The first-order chi connectivity index (χ1) is 36.0. The fourth-order valence-electron chi connectivity index (χ4n) is 9.19. The van der Waals surface area contributed by atoms with Gasteiger partial charge in [-0.05, 0) is 89.9 Å². The molecule has 0 fully saturated rings. The van der Waals surface area contributed by atoms with Crippen LogP contribution in [0.25, 0.3) is 0 Å². The summed E-state index contributed by atoms with van der Waals surface area (Å²) in [5.41, 5.74) is 0. The molecule has 0 bridgehead atoms. The number of unbranched alkanes of at least 4 members (excludes halogenated alkanes) is 37. The highest BCUT2D eigenvalue weighted by Gasteiger charge is 2.19. The van der Waals surface area contributed by atoms with Crippen LogP contribution >= 0.6 is 0 Å². The van der Waals surface area contributed by atoms with E-state index >= 15 is 0 Å². The predicted molar refractivity (Wildman–Crippen MR) is 316 cm³/mol. The zero-order valence-electron chi connectivity index (χ0n) is 48.7. The van der Waals surface area contributed by atoms with Crippen molar-refractivity contribution in [3.63, 3.8) is 0 Å². The van der Waals surface area contributed by atoms with Gasteiger partial charge in [-0.15, -0.1) is 0 Å². The third-order valence-corrected chi connectivity index (χ3v) is 14.0. The van der Waals surface area contributed by atoms with Gasteiger partial charge in [0.25, 0.3) is 0 Å². The Morgan fingerprint density at radius 2 is 0.493 bits per heavy atom. The molecule has 6 heteroatoms. The van der Waals surface area contributed by atoms with Gasteiger partial charge in [-0.25, -0.2) is 0 Å². The average molecular weight is 1020 g/mol. The summed E-state index contributed by atoms with van der Waals surface area (Å²) in [4.78, 5) is 38.3. The summed E-state index contributed by atoms with van der Waals surface area (Å²) in [5.74, 6) is -0.890. The van der Waals surface area contributed by atoms with Crippen molar-refractivity contribution in [1.29, 1.82) is 0 Å². The summed E-state index contributed by atoms with van der Waals surface area (Å²) in [6.45, 7) is 6.62. The van der Waals surface area contributed by atoms with E-state index in [1.807, 2.05) is 0 Å². The zero-order chi connectivity index (χ0) is 52.9. The Bertz CT molecular complexity index is 1310. The average Bonchev–Trinajstić information content (AvgIpc) is 3.39. The molecule has 0 rings (SSSR count). The molecule has 0 aromatic heterocycles. The second-order valence-corrected chi connectivity index (χ2v) is 21.3. The van der Waals surface area contributed by atoms with E-state index in [2.05, 4.69) is 81.5 Å². The van der Waals surface area contributed by atoms with E-state index in [-0.39, 0.29) is 31.1 Å². The molecule has 0 heterocycles. The maximum absolute atomic E-state index is 12.9. The largest absolute Gasteiger partial charge is 0.462 e. The van der Waals surface area contributed by atoms with E-state index in [1.165, 1.54) is 186 Å². The number of carbonyl (C=O) groups is 3. The first kappa shape index (κ1) is 70.1. The van der Waals surface area contributed by atoms with Gasteiger partial charge in [0.05, 0.1) is 0 Å². The summed E-state index contributed by atoms with van der Waals surface area (Å²) < 4.78 is 16.9. The number of hydrogen-bond acceptors (Lipinski definition) is 6. The molecule has 0 radical (unpaired) electrons. The summed E-state index contributed by atoms with van der Waals surface area (Å²) in [6, 6.07) is 0. The Balaban J connectivity index is 4.38. The van der Waals surface area contributed by atoms with Crippen molar-refractivity contribution >= 4 is 17.9 Å². The summed E-state index contributed by atoms with van der Waals surface area (Å²) in [6.07, 6.45) is 77.9. The van der Waals surface area contributed by atoms with Gasteiger partial charge < -0.3 is 14.2 Å². The van der Waals surface area contributed by atoms with Crippen LogP contribution in [-0.2, 0) is 28.6 Å². The highest BCUT2D eigenvalue weighted by atomic mass is 16.6. The van der Waals surface area contributed by atoms with E-state index in [1.54, 1.807) is 0 Å². The standard InChI is InChI=1S/C67H120O6/c1-4-7-10-13-16-19-22-25-28-31-33-35-36-39-42-45-48-51-54-57-60-66(69)72-63-64(62-71-65(68)59-56-53-50-47-44-41-38-30-27-24-21-18-15-12-9-6-3)73-67(70)61-58-55-52-49-46-43-40-37-34-32-29-26-23-20-17-14-11-8-5-2/h17,20-21,24,26,29-30,34,37-38,64H,4-16,18-19,22-23,25,27-28,31-33,35-36,39-63H2,1-3H3/b20-17-,24-21-,29-26-,37-34-,38-30-. The Morgan fingerprint density at radius 1 is 0.274 bits per heavy atom. The van der Waals surface area contributed by atoms with E-state index in [0.29, 0.717) is 19.3 Å². The monoisotopic (exact) mass is 1020 g/mol. The Hall–Kier alpha value is -2.89. The lowest BCUT2D eigenvalue weighted by atomic mass is 10.0. The van der Waals surface area contributed by atoms with Crippen molar-refractivity contribution in [1.82, 2.24) is 0 Å². The van der Waals surface area contributed by atoms with Gasteiger partial charge in [0, 0.05) is 19.3 Å². The molecule has 0 aliphatic carbocycles. The molecule has 0 aromatic rings. The highest BCUT2D eigenvalue weighted by molar-refractivity contribution is 5.71. The first-order valence-electron chi connectivity index (χ1n) is 31.8. The van der Waals surface area contributed by atoms with Crippen molar-refractivity contribution < 1.29 is 28.6 Å². The number of hydrogen-bond donors (Lipinski definition) is 0. The van der Waals surface area contributed by atoms with Crippen molar-refractivity contribution in [2.75, 3.05) is 13.2 Å². The Kier molecular flexibility index (Phi) is 59.2. The molecule has 1 unspecified atom stereocenters. The van der Waals surface area contributed by atoms with Gasteiger partial charge in [-0.2, -0.15) is 0 Å². The Morgan fingerprint density at radius 3 is 0.808 bits per heavy atom. The molecule has 0 N–H and O–H groups in total. The van der Waals surface area contributed by atoms with Crippen LogP contribution in [0.3, 0.4) is 0 Å². The molecule has 424 valence electrons. The number of allylic oxidation sites excluding steroid dienone is 10. The van der Waals surface area contributed by atoms with Crippen LogP contribution in [0.1, 0.15) is 329 Å². The molecule has 73 heavy (non-hydrogen) atoms. The fraction of sp³-hybridized carbons (Fsp3) is 0.806. The first-order valence-corrected chi connectivity index (χ1v) is 31.8. The lowest BCUT2D eigenvalue weighted by Crippen LogP contribution is -2.30. The van der Waals surface area contributed by atoms with Gasteiger partial charge in [0.1, 0.15) is 13.2 Å². The minimum absolute atomic E-state index is 0.0813. The number of ether oxygens (including phenoxy) is 3. The molecule has 6 nitrogen and oxygen atoms in total. The highest BCUT2D eigenvalue weighted by Crippen LogP contribution is 2.17. The topological polar surface area (TPSA) is 78.9 Å². The van der Waals surface area contributed by atoms with Gasteiger partial charge in [-0.1, -0.05) is 281 Å². The minimum atomic E-state index is -0.787. The van der Waals surface area contributed by atoms with Crippen LogP contribution in [0, 0.1) is 0 Å². The molecule has 0 aliphatic heterocycles. The van der Waals surface area contributed by atoms with Gasteiger partial charge >= 0.3 is 17.9 Å². The van der Waals surface area contributed by atoms with E-state index in [4.69, 9.17) is 14.2 Å². The number of esters is 3. The van der Waals surface area contributed by atoms with Crippen molar-refractivity contribution in [2.24, 2.45) is 0 Å². The van der Waals surface area contributed by atoms with E-state index in [9.17, 15) is 14.4 Å². The van der Waals surface area contributed by atoms with Crippen LogP contribution in [-0.4, -0.2) is 37.2 Å². The third kappa shape index (κ3) is 59.9. The third-order valence-electron chi connectivity index (χ3n) is 14.0. The van der Waals surface area contributed by atoms with Crippen LogP contribution < -0.4 is 0 Å². The molecule has 0 saturated heterocycles. The minimum Gasteiger partial charge on any atom is -0.462 e. The summed E-state index contributed by atoms with van der Waals surface area (Å²) >= 11 is 0. The lowest BCUT2D eigenvalue weighted by Gasteiger charge is -2.18. The molecular formula is C67H120O6. The predicted octanol–water partition coefficient (Wildman–Crippen LogP) is 21.6. The van der Waals surface area contributed by atoms with Crippen LogP contribution in [0.15, 0.2) is 60.8 Å². The van der Waals surface area contributed by atoms with Crippen molar-refractivity contribution in [3.8, 4) is 0 Å². The second-order valence-electron chi connectivity index (χ2n) is 21.3. The number of carbonyl (C=O) groups excluding carboxylic acids is 3. The van der Waals surface area contributed by atoms with Crippen molar-refractivity contribution in [3.05, 3.63) is 60.8 Å². The SMILES string of the molecule is CCCCC/C=C\C/C=C\C/C=C\CCCCCCCCC(=O)OC(COC(=O)CCCCCCC/C=C\C/C=C\CCCCCC)COC(=O)CCCCCCCCCCCCCCCCCCCCCC. The second kappa shape index (κ2) is 61.7. The maximum atomic E-state index is 12.9. The summed E-state index contributed by atoms with van der Waals surface area (Å²) in [7, 11) is 0. The van der Waals surface area contributed by atoms with Gasteiger partial charge in [0.2, 0.25) is 0 Å². The number of rotatable bonds is 58.